The van der Waals surface area contributed by atoms with Crippen LogP contribution in [0.25, 0.3) is 0 Å². The van der Waals surface area contributed by atoms with E-state index in [1.807, 2.05) is 12.1 Å². The second-order valence-corrected chi connectivity index (χ2v) is 6.72. The molecule has 0 aliphatic carbocycles. The van der Waals surface area contributed by atoms with Crippen LogP contribution >= 0.6 is 15.9 Å². The van der Waals surface area contributed by atoms with Crippen LogP contribution in [0.1, 0.15) is 31.9 Å². The van der Waals surface area contributed by atoms with Gasteiger partial charge in [-0.25, -0.2) is 0 Å². The first-order valence-corrected chi connectivity index (χ1v) is 7.62. The van der Waals surface area contributed by atoms with Crippen LogP contribution in [0.2, 0.25) is 0 Å². The zero-order valence-electron chi connectivity index (χ0n) is 11.7. The highest BCUT2D eigenvalue weighted by molar-refractivity contribution is 9.10. The van der Waals surface area contributed by atoms with Gasteiger partial charge in [0.25, 0.3) is 0 Å². The van der Waals surface area contributed by atoms with Crippen molar-refractivity contribution in [3.8, 4) is 0 Å². The van der Waals surface area contributed by atoms with E-state index < -0.39 is 0 Å². The van der Waals surface area contributed by atoms with Gasteiger partial charge in [-0.1, -0.05) is 28.1 Å². The number of ether oxygens (including phenoxy) is 1. The van der Waals surface area contributed by atoms with E-state index >= 15 is 0 Å². The lowest BCUT2D eigenvalue weighted by Crippen LogP contribution is -2.53. The Kier molecular flexibility index (Phi) is 5.01. The summed E-state index contributed by atoms with van der Waals surface area (Å²) in [7, 11) is 0. The summed E-state index contributed by atoms with van der Waals surface area (Å²) >= 11 is 3.49. The summed E-state index contributed by atoms with van der Waals surface area (Å²) in [5.41, 5.74) is 7.61. The van der Waals surface area contributed by atoms with Gasteiger partial charge in [0.05, 0.1) is 13.2 Å². The largest absolute Gasteiger partial charge is 0.378 e. The van der Waals surface area contributed by atoms with Crippen molar-refractivity contribution in [1.82, 2.24) is 4.90 Å². The van der Waals surface area contributed by atoms with E-state index in [1.165, 1.54) is 5.56 Å². The first-order valence-electron chi connectivity index (χ1n) is 6.83. The molecule has 1 saturated heterocycles. The molecular formula is C15H23BrN2O. The predicted molar refractivity (Wildman–Crippen MR) is 82.2 cm³/mol. The fourth-order valence-corrected chi connectivity index (χ4v) is 2.92. The van der Waals surface area contributed by atoms with Gasteiger partial charge in [-0.3, -0.25) is 4.90 Å². The third kappa shape index (κ3) is 4.02. The Labute approximate surface area is 124 Å². The number of halogens is 1. The maximum absolute atomic E-state index is 6.29. The van der Waals surface area contributed by atoms with Crippen molar-refractivity contribution < 1.29 is 4.74 Å². The van der Waals surface area contributed by atoms with Crippen molar-refractivity contribution in [1.29, 1.82) is 0 Å². The zero-order valence-corrected chi connectivity index (χ0v) is 13.3. The van der Waals surface area contributed by atoms with E-state index in [1.54, 1.807) is 0 Å². The number of rotatable bonds is 4. The zero-order chi connectivity index (χ0) is 13.9. The Hall–Kier alpha value is -0.420. The lowest BCUT2D eigenvalue weighted by Gasteiger charge is -2.42. The van der Waals surface area contributed by atoms with Crippen LogP contribution in [0.3, 0.4) is 0 Å². The molecule has 0 bridgehead atoms. The fraction of sp³-hybridized carbons (Fsp3) is 0.600. The summed E-state index contributed by atoms with van der Waals surface area (Å²) in [5, 5.41) is 0. The third-order valence-corrected chi connectivity index (χ3v) is 4.30. The van der Waals surface area contributed by atoms with E-state index in [9.17, 15) is 0 Å². The Morgan fingerprint density at radius 3 is 2.95 bits per heavy atom. The molecule has 0 amide bonds. The van der Waals surface area contributed by atoms with Gasteiger partial charge in [0, 0.05) is 29.1 Å². The molecule has 1 aromatic carbocycles. The van der Waals surface area contributed by atoms with Crippen LogP contribution in [-0.4, -0.2) is 36.7 Å². The van der Waals surface area contributed by atoms with Crippen LogP contribution in [-0.2, 0) is 4.74 Å². The van der Waals surface area contributed by atoms with Crippen LogP contribution in [0.5, 0.6) is 0 Å². The molecule has 1 atom stereocenters. The Balaban J connectivity index is 1.91. The van der Waals surface area contributed by atoms with Crippen molar-refractivity contribution >= 4 is 15.9 Å². The minimum absolute atomic E-state index is 0.0937. The molecule has 1 aromatic rings. The van der Waals surface area contributed by atoms with Crippen molar-refractivity contribution in [2.75, 3.05) is 26.3 Å². The summed E-state index contributed by atoms with van der Waals surface area (Å²) in [4.78, 5) is 2.48. The number of nitrogens with zero attached hydrogens (tertiary/aromatic N) is 1. The molecule has 0 aromatic heterocycles. The average Bonchev–Trinajstić information content (AvgIpc) is 2.36. The van der Waals surface area contributed by atoms with Gasteiger partial charge in [0.15, 0.2) is 0 Å². The maximum atomic E-state index is 6.29. The minimum atomic E-state index is 0.0937. The number of hydrogen-bond acceptors (Lipinski definition) is 3. The van der Waals surface area contributed by atoms with Crippen molar-refractivity contribution in [3.63, 3.8) is 0 Å². The predicted octanol–water partition coefficient (Wildman–Crippen LogP) is 2.95. The van der Waals surface area contributed by atoms with Gasteiger partial charge in [-0.05, 0) is 38.0 Å². The topological polar surface area (TPSA) is 38.5 Å². The number of hydrogen-bond donors (Lipinski definition) is 1. The molecule has 2 N–H and O–H groups in total. The molecule has 106 valence electrons. The SMILES string of the molecule is CC1(C)COCCN1CCC(N)c1cccc(Br)c1. The van der Waals surface area contributed by atoms with Gasteiger partial charge in [0.1, 0.15) is 0 Å². The smallest absolute Gasteiger partial charge is 0.0645 e. The summed E-state index contributed by atoms with van der Waals surface area (Å²) in [6, 6.07) is 8.37. The molecule has 1 unspecified atom stereocenters. The first kappa shape index (κ1) is 15.0. The van der Waals surface area contributed by atoms with E-state index in [4.69, 9.17) is 10.5 Å². The quantitative estimate of drug-likeness (QED) is 0.924. The monoisotopic (exact) mass is 326 g/mol. The first-order chi connectivity index (χ1) is 8.99. The molecule has 1 heterocycles. The van der Waals surface area contributed by atoms with E-state index in [2.05, 4.69) is 46.8 Å². The molecule has 19 heavy (non-hydrogen) atoms. The van der Waals surface area contributed by atoms with Gasteiger partial charge in [0.2, 0.25) is 0 Å². The highest BCUT2D eigenvalue weighted by atomic mass is 79.9. The Bertz CT molecular complexity index is 422. The third-order valence-electron chi connectivity index (χ3n) is 3.80. The molecule has 3 nitrogen and oxygen atoms in total. The van der Waals surface area contributed by atoms with Crippen molar-refractivity contribution in [2.24, 2.45) is 5.73 Å². The summed E-state index contributed by atoms with van der Waals surface area (Å²) in [5.74, 6) is 0. The Morgan fingerprint density at radius 2 is 2.26 bits per heavy atom. The molecule has 0 spiro atoms. The second-order valence-electron chi connectivity index (χ2n) is 5.80. The number of morpholine rings is 1. The van der Waals surface area contributed by atoms with E-state index in [-0.39, 0.29) is 11.6 Å². The highest BCUT2D eigenvalue weighted by Gasteiger charge is 2.30. The molecule has 4 heteroatoms. The highest BCUT2D eigenvalue weighted by Crippen LogP contribution is 2.23. The molecule has 1 fully saturated rings. The molecular weight excluding hydrogens is 304 g/mol. The normalized spacial score (nSPS) is 21.3. The lowest BCUT2D eigenvalue weighted by molar-refractivity contribution is -0.0517. The number of nitrogens with two attached hydrogens (primary N) is 1. The Morgan fingerprint density at radius 1 is 1.47 bits per heavy atom. The second kappa shape index (κ2) is 6.35. The summed E-state index contributed by atoms with van der Waals surface area (Å²) in [6.07, 6.45) is 0.972. The molecule has 1 aliphatic rings. The molecule has 0 radical (unpaired) electrons. The fourth-order valence-electron chi connectivity index (χ4n) is 2.50. The molecule has 0 saturated carbocycles. The minimum Gasteiger partial charge on any atom is -0.378 e. The summed E-state index contributed by atoms with van der Waals surface area (Å²) in [6.45, 7) is 8.12. The van der Waals surface area contributed by atoms with E-state index in [0.717, 1.165) is 37.2 Å². The number of benzene rings is 1. The maximum Gasteiger partial charge on any atom is 0.0645 e. The van der Waals surface area contributed by atoms with Crippen LogP contribution < -0.4 is 5.73 Å². The summed E-state index contributed by atoms with van der Waals surface area (Å²) < 4.78 is 6.63. The van der Waals surface area contributed by atoms with Gasteiger partial charge in [-0.15, -0.1) is 0 Å². The molecule has 2 rings (SSSR count). The molecule has 1 aliphatic heterocycles. The van der Waals surface area contributed by atoms with Gasteiger partial charge < -0.3 is 10.5 Å². The van der Waals surface area contributed by atoms with Crippen LogP contribution in [0.4, 0.5) is 0 Å². The van der Waals surface area contributed by atoms with Crippen molar-refractivity contribution in [3.05, 3.63) is 34.3 Å². The van der Waals surface area contributed by atoms with E-state index in [0.29, 0.717) is 0 Å². The van der Waals surface area contributed by atoms with Gasteiger partial charge in [-0.2, -0.15) is 0 Å². The van der Waals surface area contributed by atoms with Crippen LogP contribution in [0.15, 0.2) is 28.7 Å². The average molecular weight is 327 g/mol. The van der Waals surface area contributed by atoms with Crippen molar-refractivity contribution in [2.45, 2.75) is 31.8 Å². The van der Waals surface area contributed by atoms with Crippen LogP contribution in [0, 0.1) is 0 Å². The lowest BCUT2D eigenvalue weighted by atomic mass is 9.99. The van der Waals surface area contributed by atoms with Gasteiger partial charge >= 0.3 is 0 Å². The standard InChI is InChI=1S/C15H23BrN2O/c1-15(2)11-19-9-8-18(15)7-6-14(17)12-4-3-5-13(16)10-12/h3-5,10,14H,6-9,11,17H2,1-2H3.